The van der Waals surface area contributed by atoms with E-state index in [0.29, 0.717) is 6.42 Å². The van der Waals surface area contributed by atoms with Crippen molar-refractivity contribution in [2.75, 3.05) is 0 Å². The summed E-state index contributed by atoms with van der Waals surface area (Å²) in [6.45, 7) is 45.9. The molecule has 0 saturated carbocycles. The first-order valence-corrected chi connectivity index (χ1v) is 42.1. The van der Waals surface area contributed by atoms with Crippen LogP contribution in [-0.2, 0) is 39.0 Å². The third-order valence-corrected chi connectivity index (χ3v) is 32.9. The predicted molar refractivity (Wildman–Crippen MR) is 231 cm³/mol. The summed E-state index contributed by atoms with van der Waals surface area (Å²) in [6, 6.07) is 1.23. The van der Waals surface area contributed by atoms with Gasteiger partial charge in [0.2, 0.25) is 0 Å². The Bertz CT molecular complexity index is 924. The van der Waals surface area contributed by atoms with Gasteiger partial charge in [-0.2, -0.15) is 0 Å². The summed E-state index contributed by atoms with van der Waals surface area (Å²) < 4.78 is 42.2. The highest BCUT2D eigenvalue weighted by atomic mass is 28.5. The fourth-order valence-electron chi connectivity index (χ4n) is 5.99. The van der Waals surface area contributed by atoms with Gasteiger partial charge in [0.15, 0.2) is 33.3 Å². The molecule has 0 aliphatic carbocycles. The van der Waals surface area contributed by atoms with Crippen molar-refractivity contribution in [1.82, 2.24) is 0 Å². The molecular weight excluding hydrogens is 753 g/mol. The van der Waals surface area contributed by atoms with Gasteiger partial charge in [-0.25, -0.2) is 0 Å². The van der Waals surface area contributed by atoms with Gasteiger partial charge in [-0.15, -0.1) is 0 Å². The molecule has 1 atom stereocenters. The van der Waals surface area contributed by atoms with Gasteiger partial charge in [0.25, 0.3) is 0 Å². The number of unbranched alkanes of at least 4 members (excludes halogenated alkanes) is 1. The maximum Gasteiger partial charge on any atom is 0.317 e. The lowest BCUT2D eigenvalue weighted by atomic mass is 10.0. The molecule has 1 rings (SSSR count). The molecule has 9 nitrogen and oxygen atoms in total. The van der Waals surface area contributed by atoms with E-state index in [0.717, 1.165) is 19.3 Å². The zero-order valence-corrected chi connectivity index (χ0v) is 42.5. The fourth-order valence-corrected chi connectivity index (χ4v) is 42.3. The molecule has 298 valence electrons. The number of hydrogen-bond acceptors (Lipinski definition) is 9. The van der Waals surface area contributed by atoms with E-state index < -0.39 is 67.5 Å². The van der Waals surface area contributed by atoms with Crippen LogP contribution in [0.2, 0.25) is 130 Å². The highest BCUT2D eigenvalue weighted by Gasteiger charge is 2.44. The van der Waals surface area contributed by atoms with Crippen molar-refractivity contribution in [2.24, 2.45) is 5.92 Å². The van der Waals surface area contributed by atoms with E-state index in [4.69, 9.17) is 24.7 Å². The number of rotatable bonds is 17. The minimum Gasteiger partial charge on any atom is -0.437 e. The quantitative estimate of drug-likeness (QED) is 0.0805. The van der Waals surface area contributed by atoms with Crippen molar-refractivity contribution >= 4 is 79.5 Å². The van der Waals surface area contributed by atoms with Crippen LogP contribution in [-0.4, -0.2) is 79.5 Å². The molecule has 0 spiro atoms. The van der Waals surface area contributed by atoms with E-state index in [2.05, 4.69) is 143 Å². The molecule has 17 heteroatoms. The lowest BCUT2D eigenvalue weighted by Crippen LogP contribution is -2.58. The van der Waals surface area contributed by atoms with Crippen LogP contribution in [0, 0.1) is 5.92 Å². The topological polar surface area (TPSA) is 98.8 Å². The molecule has 0 aromatic heterocycles. The van der Waals surface area contributed by atoms with Crippen LogP contribution in [0.15, 0.2) is 0 Å². The first-order valence-electron chi connectivity index (χ1n) is 17.5. The Morgan fingerprint density at radius 3 is 1.12 bits per heavy atom. The summed E-state index contributed by atoms with van der Waals surface area (Å²) in [7, 11) is -14.6. The van der Waals surface area contributed by atoms with Crippen LogP contribution < -0.4 is 0 Å². The SMILES string of the molecule is C.C.CCCCC1CC(=O)OC1=O.CCC[Si](C)(C)O[Si](C)(C)O[Si](C)(C)C.C[Si](C)(C)O[Si](C)(C)O[Si](C)(C)O[Si](C)(C)O[Si](C)(C)C. The molecule has 0 bridgehead atoms. The lowest BCUT2D eigenvalue weighted by molar-refractivity contribution is -0.153. The second-order valence-corrected chi connectivity index (χ2v) is 50.7. The van der Waals surface area contributed by atoms with Crippen molar-refractivity contribution < 1.29 is 39.0 Å². The fraction of sp³-hybridized carbons (Fsp3) is 0.938. The van der Waals surface area contributed by atoms with Gasteiger partial charge in [0.1, 0.15) is 0 Å². The number of carbonyl (C=O) groups is 2. The van der Waals surface area contributed by atoms with Crippen LogP contribution in [0.1, 0.15) is 60.8 Å². The molecular formula is C32H84O9Si8. The lowest BCUT2D eigenvalue weighted by Gasteiger charge is -2.41. The molecule has 1 fully saturated rings. The minimum atomic E-state index is -2.26. The molecule has 1 aliphatic heterocycles. The van der Waals surface area contributed by atoms with E-state index in [1.54, 1.807) is 0 Å². The second-order valence-electron chi connectivity index (χ2n) is 17.9. The Kier molecular flexibility index (Phi) is 25.4. The normalized spacial score (nSPS) is 16.4. The Balaban J connectivity index is -0.000000318. The number of hydrogen-bond donors (Lipinski definition) is 0. The average molecular weight is 838 g/mol. The maximum absolute atomic E-state index is 10.8. The van der Waals surface area contributed by atoms with Crippen LogP contribution in [0.25, 0.3) is 0 Å². The van der Waals surface area contributed by atoms with Gasteiger partial charge in [0, 0.05) is 0 Å². The number of cyclic esters (lactones) is 2. The Morgan fingerprint density at radius 1 is 0.531 bits per heavy atom. The smallest absolute Gasteiger partial charge is 0.317 e. The predicted octanol–water partition coefficient (Wildman–Crippen LogP) is 11.5. The van der Waals surface area contributed by atoms with Gasteiger partial charge < -0.3 is 29.4 Å². The summed E-state index contributed by atoms with van der Waals surface area (Å²) in [6.07, 6.45) is 4.35. The number of ether oxygens (including phenoxy) is 1. The van der Waals surface area contributed by atoms with Gasteiger partial charge in [-0.1, -0.05) is 48.0 Å². The van der Waals surface area contributed by atoms with E-state index in [-0.39, 0.29) is 32.7 Å². The van der Waals surface area contributed by atoms with Crippen LogP contribution in [0.4, 0.5) is 0 Å². The largest absolute Gasteiger partial charge is 0.437 e. The van der Waals surface area contributed by atoms with Gasteiger partial charge in [-0.05, 0) is 137 Å². The molecule has 0 amide bonds. The first-order chi connectivity index (χ1) is 20.5. The molecule has 0 N–H and O–H groups in total. The Hall–Kier alpha value is 0.635. The molecule has 1 aliphatic rings. The average Bonchev–Trinajstić information content (AvgIpc) is 3.01. The number of carbonyl (C=O) groups excluding carboxylic acids is 2. The second kappa shape index (κ2) is 22.1. The standard InChI is InChI=1S/C12H36O4Si5.C10H28O2Si3.C8H12O3.2CH4/c1-17(2,3)13-19(7,8)15-21(11,12)16-20(9,10)14-18(4,5)6;1-9-10-14(5,6)12-15(7,8)11-13(2,3)4;1-2-3-4-6-5-7(9)11-8(6)10;;/h1-12H3;9-10H2,1-8H3;6H,2-5H2,1H3;2*1H4. The van der Waals surface area contributed by atoms with Crippen molar-refractivity contribution in [3.8, 4) is 0 Å². The van der Waals surface area contributed by atoms with E-state index in [9.17, 15) is 9.59 Å². The first kappa shape index (κ1) is 56.4. The van der Waals surface area contributed by atoms with Crippen LogP contribution >= 0.6 is 0 Å². The third kappa shape index (κ3) is 33.0. The highest BCUT2D eigenvalue weighted by molar-refractivity contribution is 6.90. The summed E-state index contributed by atoms with van der Waals surface area (Å²) in [5.41, 5.74) is 0. The Morgan fingerprint density at radius 2 is 0.857 bits per heavy atom. The number of esters is 2. The van der Waals surface area contributed by atoms with Crippen molar-refractivity contribution in [1.29, 1.82) is 0 Å². The Labute approximate surface area is 314 Å². The molecule has 1 unspecified atom stereocenters. The summed E-state index contributed by atoms with van der Waals surface area (Å²) >= 11 is 0. The van der Waals surface area contributed by atoms with Gasteiger partial charge in [-0.3, -0.25) is 9.59 Å². The van der Waals surface area contributed by atoms with Crippen molar-refractivity contribution in [3.63, 3.8) is 0 Å². The monoisotopic (exact) mass is 836 g/mol. The summed E-state index contributed by atoms with van der Waals surface area (Å²) in [5, 5.41) is 0. The van der Waals surface area contributed by atoms with Crippen molar-refractivity contribution in [2.45, 2.75) is 191 Å². The molecule has 49 heavy (non-hydrogen) atoms. The van der Waals surface area contributed by atoms with Crippen LogP contribution in [0.5, 0.6) is 0 Å². The summed E-state index contributed by atoms with van der Waals surface area (Å²) in [4.78, 5) is 21.4. The zero-order chi connectivity index (χ0) is 37.9. The zero-order valence-electron chi connectivity index (χ0n) is 34.5. The molecule has 0 aromatic rings. The van der Waals surface area contributed by atoms with Crippen molar-refractivity contribution in [3.05, 3.63) is 0 Å². The maximum atomic E-state index is 10.8. The summed E-state index contributed by atoms with van der Waals surface area (Å²) in [5.74, 6) is -0.845. The van der Waals surface area contributed by atoms with Gasteiger partial charge in [0.05, 0.1) is 12.3 Å². The molecule has 0 radical (unpaired) electrons. The van der Waals surface area contributed by atoms with Crippen LogP contribution in [0.3, 0.4) is 0 Å². The highest BCUT2D eigenvalue weighted by Crippen LogP contribution is 2.26. The van der Waals surface area contributed by atoms with E-state index in [1.165, 1.54) is 12.5 Å². The minimum absolute atomic E-state index is 0. The molecule has 1 saturated heterocycles. The third-order valence-electron chi connectivity index (χ3n) is 5.88. The van der Waals surface area contributed by atoms with E-state index >= 15 is 0 Å². The van der Waals surface area contributed by atoms with Gasteiger partial charge >= 0.3 is 46.2 Å². The van der Waals surface area contributed by atoms with E-state index in [1.807, 2.05) is 0 Å². The molecule has 1 heterocycles. The molecule has 0 aromatic carbocycles.